The number of para-hydroxylation sites is 1. The summed E-state index contributed by atoms with van der Waals surface area (Å²) in [6.45, 7) is 0. The number of nitriles is 2. The number of rotatable bonds is 3. The van der Waals surface area contributed by atoms with Crippen LogP contribution in [0.4, 0.5) is 5.69 Å². The molecule has 1 saturated heterocycles. The van der Waals surface area contributed by atoms with Crippen molar-refractivity contribution in [2.24, 2.45) is 5.41 Å². The lowest BCUT2D eigenvalue weighted by atomic mass is 9.71. The third-order valence-corrected chi connectivity index (χ3v) is 6.09. The summed E-state index contributed by atoms with van der Waals surface area (Å²) < 4.78 is 5.68. The molecular formula is C25H17N3O2. The first-order valence-electron chi connectivity index (χ1n) is 9.72. The molecule has 2 aliphatic rings. The normalized spacial score (nSPS) is 23.1. The van der Waals surface area contributed by atoms with Crippen molar-refractivity contribution in [1.29, 1.82) is 10.5 Å². The minimum absolute atomic E-state index is 0.139. The summed E-state index contributed by atoms with van der Waals surface area (Å²) >= 11 is 0. The smallest absolute Gasteiger partial charge is 0.186 e. The molecule has 2 aliphatic heterocycles. The summed E-state index contributed by atoms with van der Waals surface area (Å²) in [7, 11) is 0. The second kappa shape index (κ2) is 6.76. The van der Waals surface area contributed by atoms with Gasteiger partial charge in [0.15, 0.2) is 11.2 Å². The Morgan fingerprint density at radius 2 is 1.70 bits per heavy atom. The van der Waals surface area contributed by atoms with Crippen molar-refractivity contribution in [3.63, 3.8) is 0 Å². The fourth-order valence-electron chi connectivity index (χ4n) is 4.78. The Bertz CT molecular complexity index is 1200. The summed E-state index contributed by atoms with van der Waals surface area (Å²) in [5.74, 6) is -0.414. The van der Waals surface area contributed by atoms with E-state index in [-0.39, 0.29) is 5.78 Å². The number of ketones is 1. The number of hydrogen-bond donors (Lipinski definition) is 0. The lowest BCUT2D eigenvalue weighted by Gasteiger charge is -2.35. The van der Waals surface area contributed by atoms with E-state index < -0.39 is 23.4 Å². The van der Waals surface area contributed by atoms with Gasteiger partial charge in [0.25, 0.3) is 0 Å². The van der Waals surface area contributed by atoms with Gasteiger partial charge in [-0.3, -0.25) is 4.79 Å². The number of nitrogens with zero attached hydrogens (tertiary/aromatic N) is 3. The van der Waals surface area contributed by atoms with Gasteiger partial charge in [0.2, 0.25) is 0 Å². The lowest BCUT2D eigenvalue weighted by Crippen LogP contribution is -2.44. The largest absolute Gasteiger partial charge is 0.469 e. The molecule has 0 N–H and O–H groups in total. The number of carbonyl (C=O) groups excluding carboxylic acids is 1. The van der Waals surface area contributed by atoms with E-state index in [1.807, 2.05) is 59.5 Å². The molecular weight excluding hydrogens is 374 g/mol. The Balaban J connectivity index is 1.78. The van der Waals surface area contributed by atoms with E-state index in [0.717, 1.165) is 11.3 Å². The highest BCUT2D eigenvalue weighted by atomic mass is 16.3. The number of hydrogen-bond acceptors (Lipinski definition) is 5. The minimum Gasteiger partial charge on any atom is -0.469 e. The molecule has 0 spiro atoms. The number of anilines is 1. The van der Waals surface area contributed by atoms with Gasteiger partial charge in [0.1, 0.15) is 11.8 Å². The van der Waals surface area contributed by atoms with Crippen LogP contribution in [-0.2, 0) is 0 Å². The summed E-state index contributed by atoms with van der Waals surface area (Å²) in [5, 5.41) is 20.5. The van der Waals surface area contributed by atoms with Gasteiger partial charge in [0, 0.05) is 11.3 Å². The Morgan fingerprint density at radius 1 is 0.967 bits per heavy atom. The molecule has 5 rings (SSSR count). The van der Waals surface area contributed by atoms with Gasteiger partial charge < -0.3 is 9.32 Å². The number of furan rings is 1. The van der Waals surface area contributed by atoms with Gasteiger partial charge >= 0.3 is 0 Å². The average Bonchev–Trinajstić information content (AvgIpc) is 3.43. The van der Waals surface area contributed by atoms with E-state index in [0.29, 0.717) is 11.3 Å². The standard InChI is InChI=1S/C25H17N3O2/c26-15-25(16-27)21-13-12-17-7-4-5-10-19(17)28(21)23(22(25)20-11-6-14-30-20)24(29)18-8-2-1-3-9-18/h1-14,21-23H. The highest BCUT2D eigenvalue weighted by molar-refractivity contribution is 6.04. The Morgan fingerprint density at radius 3 is 2.40 bits per heavy atom. The Labute approximate surface area is 174 Å². The van der Waals surface area contributed by atoms with E-state index >= 15 is 0 Å². The minimum atomic E-state index is -1.48. The molecule has 2 aromatic carbocycles. The van der Waals surface area contributed by atoms with Gasteiger partial charge in [-0.2, -0.15) is 10.5 Å². The van der Waals surface area contributed by atoms with E-state index in [1.165, 1.54) is 6.26 Å². The molecule has 3 atom stereocenters. The summed E-state index contributed by atoms with van der Waals surface area (Å²) in [4.78, 5) is 15.7. The highest BCUT2D eigenvalue weighted by Crippen LogP contribution is 2.55. The van der Waals surface area contributed by atoms with Gasteiger partial charge in [0.05, 0.1) is 30.4 Å². The van der Waals surface area contributed by atoms with Gasteiger partial charge in [-0.15, -0.1) is 0 Å². The van der Waals surface area contributed by atoms with Crippen LogP contribution < -0.4 is 4.90 Å². The molecule has 3 unspecified atom stereocenters. The average molecular weight is 391 g/mol. The molecule has 3 heterocycles. The molecule has 30 heavy (non-hydrogen) atoms. The van der Waals surface area contributed by atoms with E-state index in [2.05, 4.69) is 12.1 Å². The highest BCUT2D eigenvalue weighted by Gasteiger charge is 2.64. The predicted molar refractivity (Wildman–Crippen MR) is 111 cm³/mol. The van der Waals surface area contributed by atoms with Crippen LogP contribution >= 0.6 is 0 Å². The Kier molecular flexibility index (Phi) is 4.05. The molecule has 5 heteroatoms. The van der Waals surface area contributed by atoms with Crippen LogP contribution in [0.2, 0.25) is 0 Å². The van der Waals surface area contributed by atoms with Crippen molar-refractivity contribution in [3.05, 3.63) is 96.0 Å². The van der Waals surface area contributed by atoms with Crippen molar-refractivity contribution in [1.82, 2.24) is 0 Å². The van der Waals surface area contributed by atoms with Crippen LogP contribution in [0.1, 0.15) is 27.6 Å². The van der Waals surface area contributed by atoms with Crippen molar-refractivity contribution < 1.29 is 9.21 Å². The number of Topliss-reactive ketones (excluding diaryl/α,β-unsaturated/α-hetero) is 1. The van der Waals surface area contributed by atoms with Crippen LogP contribution in [0.5, 0.6) is 0 Å². The first-order chi connectivity index (χ1) is 14.7. The van der Waals surface area contributed by atoms with Gasteiger partial charge in [-0.25, -0.2) is 0 Å². The fraction of sp³-hybridized carbons (Fsp3) is 0.160. The summed E-state index contributed by atoms with van der Waals surface area (Å²) in [5.41, 5.74) is 0.848. The third-order valence-electron chi connectivity index (χ3n) is 6.09. The van der Waals surface area contributed by atoms with Crippen LogP contribution in [0.25, 0.3) is 6.08 Å². The zero-order valence-corrected chi connectivity index (χ0v) is 16.0. The molecule has 144 valence electrons. The number of benzene rings is 2. The van der Waals surface area contributed by atoms with E-state index in [9.17, 15) is 15.3 Å². The van der Waals surface area contributed by atoms with Crippen LogP contribution in [-0.4, -0.2) is 17.9 Å². The van der Waals surface area contributed by atoms with Crippen molar-refractivity contribution in [2.75, 3.05) is 4.90 Å². The molecule has 1 aromatic heterocycles. The molecule has 0 radical (unpaired) electrons. The van der Waals surface area contributed by atoms with Gasteiger partial charge in [-0.1, -0.05) is 60.7 Å². The maximum absolute atomic E-state index is 13.8. The molecule has 0 amide bonds. The monoisotopic (exact) mass is 391 g/mol. The second-order valence-electron chi connectivity index (χ2n) is 7.53. The quantitative estimate of drug-likeness (QED) is 0.611. The lowest BCUT2D eigenvalue weighted by molar-refractivity contribution is 0.0946. The number of fused-ring (bicyclic) bond motifs is 3. The molecule has 5 nitrogen and oxygen atoms in total. The van der Waals surface area contributed by atoms with Gasteiger partial charge in [-0.05, 0) is 23.8 Å². The number of carbonyl (C=O) groups is 1. The molecule has 3 aromatic rings. The third kappa shape index (κ3) is 2.36. The molecule has 1 fully saturated rings. The fourth-order valence-corrected chi connectivity index (χ4v) is 4.78. The molecule has 0 aliphatic carbocycles. The van der Waals surface area contributed by atoms with E-state index in [4.69, 9.17) is 4.42 Å². The van der Waals surface area contributed by atoms with Crippen LogP contribution in [0, 0.1) is 28.1 Å². The molecule has 0 bridgehead atoms. The maximum Gasteiger partial charge on any atom is 0.186 e. The SMILES string of the molecule is N#CC1(C#N)C(c2ccco2)C(C(=O)c2ccccc2)N2c3ccccc3C=CC21. The zero-order valence-electron chi connectivity index (χ0n) is 16.0. The molecule has 0 saturated carbocycles. The van der Waals surface area contributed by atoms with Crippen molar-refractivity contribution >= 4 is 17.5 Å². The topological polar surface area (TPSA) is 81.0 Å². The zero-order chi connectivity index (χ0) is 20.7. The summed E-state index contributed by atoms with van der Waals surface area (Å²) in [6, 6.07) is 23.4. The van der Waals surface area contributed by atoms with Crippen molar-refractivity contribution in [3.8, 4) is 12.1 Å². The first kappa shape index (κ1) is 18.0. The van der Waals surface area contributed by atoms with Crippen molar-refractivity contribution in [2.45, 2.75) is 18.0 Å². The summed E-state index contributed by atoms with van der Waals surface area (Å²) in [6.07, 6.45) is 5.30. The second-order valence-corrected chi connectivity index (χ2v) is 7.53. The van der Waals surface area contributed by atoms with Crippen LogP contribution in [0.15, 0.2) is 83.5 Å². The maximum atomic E-state index is 13.8. The Hall–Kier alpha value is -4.09. The van der Waals surface area contributed by atoms with E-state index in [1.54, 1.807) is 24.3 Å². The predicted octanol–water partition coefficient (Wildman–Crippen LogP) is 4.56. The first-order valence-corrected chi connectivity index (χ1v) is 9.72. The van der Waals surface area contributed by atoms with Crippen LogP contribution in [0.3, 0.4) is 0 Å².